The maximum Gasteiger partial charge on any atom is 0.125 e. The lowest BCUT2D eigenvalue weighted by Crippen LogP contribution is -2.22. The molecular weight excluding hydrogens is 128 g/mol. The quantitative estimate of drug-likeness (QED) is 0.542. The summed E-state index contributed by atoms with van der Waals surface area (Å²) < 4.78 is 0. The Labute approximate surface area is 61.2 Å². The highest BCUT2D eigenvalue weighted by molar-refractivity contribution is 5.19. The molecule has 1 atom stereocenters. The van der Waals surface area contributed by atoms with Gasteiger partial charge in [0.05, 0.1) is 0 Å². The average molecular weight is 140 g/mol. The second-order valence-corrected chi connectivity index (χ2v) is 2.22. The Morgan fingerprint density at radius 1 is 1.70 bits per heavy atom. The maximum absolute atomic E-state index is 9.26. The molecule has 2 heteroatoms. The minimum Gasteiger partial charge on any atom is -0.396 e. The molecular formula is C8H12O2. The molecule has 0 aliphatic rings. The number of rotatable bonds is 2. The standard InChI is InChI=1S/C8H12O2/c1-3-4-5-8(2,10)6-7-9/h3,9-10H,1,6-7H2,2H3. The molecule has 0 bridgehead atoms. The van der Waals surface area contributed by atoms with Crippen LogP contribution >= 0.6 is 0 Å². The van der Waals surface area contributed by atoms with Crippen molar-refractivity contribution in [2.24, 2.45) is 0 Å². The molecule has 1 unspecified atom stereocenters. The maximum atomic E-state index is 9.26. The van der Waals surface area contributed by atoms with Crippen LogP contribution in [0.4, 0.5) is 0 Å². The molecule has 0 aromatic carbocycles. The van der Waals surface area contributed by atoms with E-state index in [-0.39, 0.29) is 13.0 Å². The molecule has 0 spiro atoms. The van der Waals surface area contributed by atoms with Gasteiger partial charge in [0.25, 0.3) is 0 Å². The van der Waals surface area contributed by atoms with Gasteiger partial charge in [-0.3, -0.25) is 0 Å². The molecule has 56 valence electrons. The molecule has 0 aliphatic carbocycles. The van der Waals surface area contributed by atoms with Crippen molar-refractivity contribution in [2.45, 2.75) is 18.9 Å². The fourth-order valence-electron chi connectivity index (χ4n) is 0.487. The predicted molar refractivity (Wildman–Crippen MR) is 40.3 cm³/mol. The summed E-state index contributed by atoms with van der Waals surface area (Å²) in [6.45, 7) is 4.88. The van der Waals surface area contributed by atoms with Gasteiger partial charge in [-0.1, -0.05) is 18.4 Å². The van der Waals surface area contributed by atoms with E-state index < -0.39 is 5.60 Å². The van der Waals surface area contributed by atoms with Crippen molar-refractivity contribution in [3.63, 3.8) is 0 Å². The minimum absolute atomic E-state index is 0.0567. The van der Waals surface area contributed by atoms with E-state index in [1.54, 1.807) is 6.92 Å². The first-order valence-electron chi connectivity index (χ1n) is 3.09. The van der Waals surface area contributed by atoms with E-state index in [1.807, 2.05) is 0 Å². The Morgan fingerprint density at radius 2 is 2.30 bits per heavy atom. The molecule has 10 heavy (non-hydrogen) atoms. The van der Waals surface area contributed by atoms with E-state index in [2.05, 4.69) is 18.4 Å². The Morgan fingerprint density at radius 3 is 2.70 bits per heavy atom. The predicted octanol–water partition coefficient (Wildman–Crippen LogP) is 0.309. The molecule has 0 rings (SSSR count). The summed E-state index contributed by atoms with van der Waals surface area (Å²) in [5.74, 6) is 5.06. The molecule has 0 aromatic heterocycles. The van der Waals surface area contributed by atoms with Crippen molar-refractivity contribution < 1.29 is 10.2 Å². The lowest BCUT2D eigenvalue weighted by atomic mass is 10.0. The monoisotopic (exact) mass is 140 g/mol. The summed E-state index contributed by atoms with van der Waals surface area (Å²) in [6, 6.07) is 0. The van der Waals surface area contributed by atoms with Crippen molar-refractivity contribution in [3.05, 3.63) is 12.7 Å². The van der Waals surface area contributed by atoms with Gasteiger partial charge in [-0.15, -0.1) is 0 Å². The second kappa shape index (κ2) is 4.10. The molecule has 0 amide bonds. The highest BCUT2D eigenvalue weighted by atomic mass is 16.3. The summed E-state index contributed by atoms with van der Waals surface area (Å²) in [5, 5.41) is 17.7. The van der Waals surface area contributed by atoms with E-state index >= 15 is 0 Å². The number of hydrogen-bond donors (Lipinski definition) is 2. The third kappa shape index (κ3) is 4.13. The lowest BCUT2D eigenvalue weighted by molar-refractivity contribution is 0.0878. The molecule has 0 heterocycles. The van der Waals surface area contributed by atoms with Gasteiger partial charge < -0.3 is 10.2 Å². The smallest absolute Gasteiger partial charge is 0.125 e. The van der Waals surface area contributed by atoms with E-state index in [1.165, 1.54) is 6.08 Å². The summed E-state index contributed by atoms with van der Waals surface area (Å²) in [5.41, 5.74) is -1.08. The fraction of sp³-hybridized carbons (Fsp3) is 0.500. The van der Waals surface area contributed by atoms with Gasteiger partial charge >= 0.3 is 0 Å². The molecule has 0 saturated heterocycles. The van der Waals surface area contributed by atoms with Crippen LogP contribution in [-0.2, 0) is 0 Å². The third-order valence-corrected chi connectivity index (χ3v) is 1.04. The first kappa shape index (κ1) is 9.22. The Balaban J connectivity index is 3.97. The zero-order chi connectivity index (χ0) is 8.04. The molecule has 0 radical (unpaired) electrons. The normalized spacial score (nSPS) is 14.7. The highest BCUT2D eigenvalue weighted by Crippen LogP contribution is 2.05. The minimum atomic E-state index is -1.08. The largest absolute Gasteiger partial charge is 0.396 e. The van der Waals surface area contributed by atoms with Crippen LogP contribution in [0.15, 0.2) is 12.7 Å². The Bertz CT molecular complexity index is 160. The summed E-state index contributed by atoms with van der Waals surface area (Å²) in [4.78, 5) is 0. The summed E-state index contributed by atoms with van der Waals surface area (Å²) in [7, 11) is 0. The zero-order valence-corrected chi connectivity index (χ0v) is 6.09. The molecule has 0 aliphatic heterocycles. The first-order chi connectivity index (χ1) is 4.62. The van der Waals surface area contributed by atoms with Gasteiger partial charge in [0.1, 0.15) is 5.60 Å². The number of allylic oxidation sites excluding steroid dienone is 1. The molecule has 0 fully saturated rings. The first-order valence-corrected chi connectivity index (χ1v) is 3.09. The Kier molecular flexibility index (Phi) is 3.78. The lowest BCUT2D eigenvalue weighted by Gasteiger charge is -2.13. The fourth-order valence-corrected chi connectivity index (χ4v) is 0.487. The zero-order valence-electron chi connectivity index (χ0n) is 6.09. The van der Waals surface area contributed by atoms with E-state index in [4.69, 9.17) is 5.11 Å². The van der Waals surface area contributed by atoms with Gasteiger partial charge in [0.15, 0.2) is 0 Å². The summed E-state index contributed by atoms with van der Waals surface area (Å²) >= 11 is 0. The van der Waals surface area contributed by atoms with E-state index in [0.717, 1.165) is 0 Å². The van der Waals surface area contributed by atoms with Crippen LogP contribution in [0.5, 0.6) is 0 Å². The van der Waals surface area contributed by atoms with Crippen molar-refractivity contribution in [1.29, 1.82) is 0 Å². The van der Waals surface area contributed by atoms with Crippen LogP contribution in [-0.4, -0.2) is 22.4 Å². The van der Waals surface area contributed by atoms with Crippen molar-refractivity contribution in [3.8, 4) is 11.8 Å². The topological polar surface area (TPSA) is 40.5 Å². The number of aliphatic hydroxyl groups excluding tert-OH is 1. The van der Waals surface area contributed by atoms with Crippen LogP contribution in [0.2, 0.25) is 0 Å². The van der Waals surface area contributed by atoms with Crippen LogP contribution in [0.25, 0.3) is 0 Å². The second-order valence-electron chi connectivity index (χ2n) is 2.22. The molecule has 0 aromatic rings. The number of hydrogen-bond acceptors (Lipinski definition) is 2. The van der Waals surface area contributed by atoms with Gasteiger partial charge in [-0.25, -0.2) is 0 Å². The van der Waals surface area contributed by atoms with Gasteiger partial charge in [0.2, 0.25) is 0 Å². The van der Waals surface area contributed by atoms with Crippen molar-refractivity contribution in [2.75, 3.05) is 6.61 Å². The Hall–Kier alpha value is -0.780. The van der Waals surface area contributed by atoms with Crippen LogP contribution < -0.4 is 0 Å². The number of aliphatic hydroxyl groups is 2. The van der Waals surface area contributed by atoms with Crippen molar-refractivity contribution >= 4 is 0 Å². The van der Waals surface area contributed by atoms with Crippen LogP contribution in [0, 0.1) is 11.8 Å². The SMILES string of the molecule is C=CC#CC(C)(O)CCO. The van der Waals surface area contributed by atoms with E-state index in [9.17, 15) is 5.11 Å². The van der Waals surface area contributed by atoms with Crippen molar-refractivity contribution in [1.82, 2.24) is 0 Å². The summed E-state index contributed by atoms with van der Waals surface area (Å²) in [6.07, 6.45) is 1.68. The van der Waals surface area contributed by atoms with Gasteiger partial charge in [-0.2, -0.15) is 0 Å². The third-order valence-electron chi connectivity index (χ3n) is 1.04. The highest BCUT2D eigenvalue weighted by Gasteiger charge is 2.14. The average Bonchev–Trinajstić information content (AvgIpc) is 1.84. The van der Waals surface area contributed by atoms with Gasteiger partial charge in [-0.05, 0) is 13.0 Å². The molecule has 2 nitrogen and oxygen atoms in total. The molecule has 0 saturated carbocycles. The van der Waals surface area contributed by atoms with Crippen LogP contribution in [0.1, 0.15) is 13.3 Å². The van der Waals surface area contributed by atoms with E-state index in [0.29, 0.717) is 0 Å². The van der Waals surface area contributed by atoms with Crippen LogP contribution in [0.3, 0.4) is 0 Å². The molecule has 2 N–H and O–H groups in total. The van der Waals surface area contributed by atoms with Gasteiger partial charge in [0, 0.05) is 13.0 Å².